The number of carbonyl (C=O) groups excluding carboxylic acids is 4. The number of nitrogens with zero attached hydrogens (tertiary/aromatic N) is 2. The van der Waals surface area contributed by atoms with Crippen LogP contribution >= 0.6 is 117 Å². The second kappa shape index (κ2) is 23.2. The van der Waals surface area contributed by atoms with Crippen LogP contribution in [0.2, 0.25) is 30.1 Å². The molecule has 4 amide bonds. The van der Waals surface area contributed by atoms with Gasteiger partial charge in [-0.3, -0.25) is 9.80 Å². The number of urea groups is 2. The highest BCUT2D eigenvalue weighted by Crippen LogP contribution is 2.48. The monoisotopic (exact) mass is 1250 g/mol. The molecule has 69 heavy (non-hydrogen) atoms. The molecule has 0 bridgehead atoms. The molecule has 6 aromatic rings. The number of phenols is 1. The predicted molar refractivity (Wildman–Crippen MR) is 279 cm³/mol. The Hall–Kier alpha value is -4.50. The number of fused-ring (bicyclic) bond motifs is 2. The number of esters is 2. The number of nitrogens with one attached hydrogen (secondary N) is 2. The first-order chi connectivity index (χ1) is 32.7. The second-order valence-corrected chi connectivity index (χ2v) is 23.1. The van der Waals surface area contributed by atoms with Gasteiger partial charge in [0, 0.05) is 47.5 Å². The fourth-order valence-electron chi connectivity index (χ4n) is 7.24. The fourth-order valence-corrected chi connectivity index (χ4v) is 9.09. The number of rotatable bonds is 7. The van der Waals surface area contributed by atoms with Gasteiger partial charge in [0.1, 0.15) is 23.1 Å². The zero-order chi connectivity index (χ0) is 50.6. The van der Waals surface area contributed by atoms with E-state index in [1.807, 2.05) is 0 Å². The third kappa shape index (κ3) is 12.0. The molecule has 0 atom stereocenters. The fraction of sp³-hybridized carbons (Fsp3) is 0.111. The van der Waals surface area contributed by atoms with Crippen LogP contribution in [0, 0.1) is 11.6 Å². The Labute approximate surface area is 448 Å². The standard InChI is InChI=1S/C23H16Cl3FN2O4.C22H14Cl3FN2O4.BBr3/c1-32-13-8-15(14-4-3-12(27)7-17(14)24)16-10-28-23(31)29(20(16)9-13)21-18(25)5-11(6-19(21)26)22(30)33-2;1-32-21(30)10-4-17(24)20(18(25)5-10)28-19-8-12(29)7-14(15(19)9-27-22(28)31)13-3-2-11(26)6-16(13)23;2-1(3)4/h3-9H,10H2,1-2H3,(H,28,31);2-8,29H,9H2,1H3,(H,27,31);. The number of benzene rings is 6. The van der Waals surface area contributed by atoms with Crippen molar-refractivity contribution in [3.8, 4) is 33.8 Å². The Morgan fingerprint density at radius 1 is 0.580 bits per heavy atom. The first kappa shape index (κ1) is 53.8. The van der Waals surface area contributed by atoms with Crippen molar-refractivity contribution in [3.63, 3.8) is 0 Å². The summed E-state index contributed by atoms with van der Waals surface area (Å²) in [6.45, 7) is 0.288. The van der Waals surface area contributed by atoms with E-state index in [9.17, 15) is 33.1 Å². The van der Waals surface area contributed by atoms with Crippen molar-refractivity contribution in [2.24, 2.45) is 0 Å². The van der Waals surface area contributed by atoms with Crippen molar-refractivity contribution in [2.45, 2.75) is 13.1 Å². The van der Waals surface area contributed by atoms with E-state index in [-0.39, 0.29) is 74.7 Å². The molecule has 0 fully saturated rings. The van der Waals surface area contributed by atoms with Crippen LogP contribution in [0.5, 0.6) is 11.5 Å². The first-order valence-corrected chi connectivity index (χ1v) is 24.4. The topological polar surface area (TPSA) is 147 Å². The molecule has 0 aliphatic carbocycles. The van der Waals surface area contributed by atoms with E-state index in [1.165, 1.54) is 91.8 Å². The minimum Gasteiger partial charge on any atom is -0.508 e. The van der Waals surface area contributed by atoms with E-state index < -0.39 is 35.6 Å². The van der Waals surface area contributed by atoms with Crippen molar-refractivity contribution >= 4 is 167 Å². The Morgan fingerprint density at radius 2 is 0.957 bits per heavy atom. The smallest absolute Gasteiger partial charge is 0.369 e. The highest BCUT2D eigenvalue weighted by molar-refractivity contribution is 9.69. The number of halogens is 11. The lowest BCUT2D eigenvalue weighted by molar-refractivity contribution is 0.0592. The minimum absolute atomic E-state index is 0.0191. The SMILES string of the molecule is BrB(Br)Br.COC(=O)c1cc(Cl)c(N2C(=O)NCc3c(-c4ccc(F)cc4Cl)cc(O)cc32)c(Cl)c1.COC(=O)c1cc(Cl)c(N2C(=O)NCc3c(-c4ccc(F)cc4Cl)cc(OC)cc32)c(Cl)c1. The number of hydrogen-bond donors (Lipinski definition) is 3. The summed E-state index contributed by atoms with van der Waals surface area (Å²) in [6, 6.07) is 18.6. The molecule has 24 heteroatoms. The zero-order valence-corrected chi connectivity index (χ0v) is 44.7. The van der Waals surface area contributed by atoms with Crippen molar-refractivity contribution < 1.29 is 47.3 Å². The molecule has 358 valence electrons. The predicted octanol–water partition coefficient (Wildman–Crippen LogP) is 15.1. The summed E-state index contributed by atoms with van der Waals surface area (Å²) >= 11 is 47.6. The molecule has 0 saturated heterocycles. The van der Waals surface area contributed by atoms with Gasteiger partial charge >= 0.3 is 27.2 Å². The van der Waals surface area contributed by atoms with Crippen LogP contribution in [0.25, 0.3) is 22.3 Å². The second-order valence-electron chi connectivity index (χ2n) is 14.2. The summed E-state index contributed by atoms with van der Waals surface area (Å²) in [6.07, 6.45) is 0. The summed E-state index contributed by atoms with van der Waals surface area (Å²) in [7, 11) is 3.94. The van der Waals surface area contributed by atoms with E-state index in [0.29, 0.717) is 50.5 Å². The largest absolute Gasteiger partial charge is 0.508 e. The average Bonchev–Trinajstić information content (AvgIpc) is 3.28. The molecule has 2 heterocycles. The van der Waals surface area contributed by atoms with Crippen LogP contribution in [0.3, 0.4) is 0 Å². The van der Waals surface area contributed by atoms with Gasteiger partial charge < -0.3 is 30.0 Å². The molecule has 3 N–H and O–H groups in total. The van der Waals surface area contributed by atoms with Crippen molar-refractivity contribution in [1.82, 2.24) is 10.6 Å². The molecule has 8 rings (SSSR count). The van der Waals surface area contributed by atoms with Gasteiger partial charge in [-0.2, -0.15) is 0 Å². The number of ether oxygens (including phenoxy) is 3. The summed E-state index contributed by atoms with van der Waals surface area (Å²) in [5, 5.41) is 16.4. The van der Waals surface area contributed by atoms with E-state index >= 15 is 0 Å². The van der Waals surface area contributed by atoms with Crippen LogP contribution in [-0.4, -0.2) is 53.6 Å². The Morgan fingerprint density at radius 3 is 1.32 bits per heavy atom. The van der Waals surface area contributed by atoms with Crippen molar-refractivity contribution in [1.29, 1.82) is 0 Å². The highest BCUT2D eigenvalue weighted by Gasteiger charge is 2.34. The molecule has 0 unspecified atom stereocenters. The third-order valence-corrected chi connectivity index (χ3v) is 11.9. The molecular weight excluding hydrogens is 1230 g/mol. The van der Waals surface area contributed by atoms with Crippen LogP contribution in [0.4, 0.5) is 41.1 Å². The van der Waals surface area contributed by atoms with Crippen LogP contribution < -0.4 is 25.2 Å². The molecule has 0 radical (unpaired) electrons. The highest BCUT2D eigenvalue weighted by atomic mass is 79.9. The molecule has 6 aromatic carbocycles. The normalized spacial score (nSPS) is 12.5. The Balaban J connectivity index is 0.000000211. The summed E-state index contributed by atoms with van der Waals surface area (Å²) in [5.41, 5.74) is 4.73. The number of carbonyl (C=O) groups is 4. The summed E-state index contributed by atoms with van der Waals surface area (Å²) in [5.74, 6) is -1.97. The van der Waals surface area contributed by atoms with Gasteiger partial charge in [0.05, 0.1) is 85.3 Å². The number of methoxy groups -OCH3 is 3. The quantitative estimate of drug-likeness (QED) is 0.106. The zero-order valence-electron chi connectivity index (χ0n) is 35.4. The van der Waals surface area contributed by atoms with Crippen LogP contribution in [0.15, 0.2) is 84.9 Å². The van der Waals surface area contributed by atoms with E-state index in [2.05, 4.69) is 62.6 Å². The van der Waals surface area contributed by atoms with E-state index in [1.54, 1.807) is 18.2 Å². The minimum atomic E-state index is -0.644. The maximum atomic E-state index is 13.6. The lowest BCUT2D eigenvalue weighted by Crippen LogP contribution is -2.41. The average molecular weight is 1260 g/mol. The van der Waals surface area contributed by atoms with Gasteiger partial charge in [-0.25, -0.2) is 28.0 Å². The van der Waals surface area contributed by atoms with Gasteiger partial charge in [0.15, 0.2) is 0 Å². The molecule has 0 saturated carbocycles. The Bertz CT molecular complexity index is 3010. The third-order valence-electron chi connectivity index (χ3n) is 10.1. The van der Waals surface area contributed by atoms with Crippen molar-refractivity contribution in [3.05, 3.63) is 149 Å². The lowest BCUT2D eigenvalue weighted by Gasteiger charge is -2.33. The molecule has 0 spiro atoms. The van der Waals surface area contributed by atoms with E-state index in [4.69, 9.17) is 79.1 Å². The number of anilines is 4. The van der Waals surface area contributed by atoms with Crippen LogP contribution in [0.1, 0.15) is 31.8 Å². The lowest BCUT2D eigenvalue weighted by atomic mass is 9.95. The summed E-state index contributed by atoms with van der Waals surface area (Å²) in [4.78, 5) is 52.1. The van der Waals surface area contributed by atoms with Crippen LogP contribution in [-0.2, 0) is 22.6 Å². The summed E-state index contributed by atoms with van der Waals surface area (Å²) < 4.78 is 42.3. The van der Waals surface area contributed by atoms with Crippen molar-refractivity contribution in [2.75, 3.05) is 31.1 Å². The molecule has 2 aliphatic heterocycles. The molecule has 0 aromatic heterocycles. The van der Waals surface area contributed by atoms with Gasteiger partial charge in [-0.1, -0.05) is 69.6 Å². The number of aromatic hydroxyl groups is 1. The number of amides is 4. The Kier molecular flexibility index (Phi) is 18.1. The molecular formula is C45H30BBr3Cl6F2N4O8. The van der Waals surface area contributed by atoms with Gasteiger partial charge in [-0.15, -0.1) is 47.3 Å². The number of hydrogen-bond acceptors (Lipinski definition) is 8. The van der Waals surface area contributed by atoms with Gasteiger partial charge in [0.2, 0.25) is 0 Å². The maximum Gasteiger partial charge on any atom is 0.369 e. The maximum absolute atomic E-state index is 13.6. The van der Waals surface area contributed by atoms with Gasteiger partial charge in [0.25, 0.3) is 0 Å². The first-order valence-electron chi connectivity index (χ1n) is 19.4. The van der Waals surface area contributed by atoms with Gasteiger partial charge in [-0.05, 0) is 83.9 Å². The molecule has 12 nitrogen and oxygen atoms in total. The number of phenolic OH excluding ortho intramolecular Hbond substituents is 1. The van der Waals surface area contributed by atoms with E-state index in [0.717, 1.165) is 6.07 Å². The molecule has 2 aliphatic rings.